The minimum atomic E-state index is -0.597. The third kappa shape index (κ3) is 3.42. The van der Waals surface area contributed by atoms with E-state index >= 15 is 0 Å². The Labute approximate surface area is 140 Å². The SMILES string of the molecule is CCOC(=O)c1c(C(=O)OC)c(C)n(OCc2ccccc2)c1C. The van der Waals surface area contributed by atoms with Gasteiger partial charge in [0, 0.05) is 0 Å². The number of carbonyl (C=O) groups is 2. The minimum Gasteiger partial charge on any atom is -0.465 e. The van der Waals surface area contributed by atoms with Crippen molar-refractivity contribution in [2.45, 2.75) is 27.4 Å². The van der Waals surface area contributed by atoms with Crippen LogP contribution in [0.15, 0.2) is 30.3 Å². The molecule has 0 aliphatic rings. The quantitative estimate of drug-likeness (QED) is 0.761. The maximum Gasteiger partial charge on any atom is 0.340 e. The maximum atomic E-state index is 12.2. The van der Waals surface area contributed by atoms with Gasteiger partial charge in [0.1, 0.15) is 6.61 Å². The molecule has 2 aromatic rings. The summed E-state index contributed by atoms with van der Waals surface area (Å²) < 4.78 is 11.3. The van der Waals surface area contributed by atoms with Gasteiger partial charge in [-0.15, -0.1) is 0 Å². The third-order valence-electron chi connectivity index (χ3n) is 3.66. The highest BCUT2D eigenvalue weighted by Crippen LogP contribution is 2.24. The second kappa shape index (κ2) is 7.68. The molecule has 1 heterocycles. The topological polar surface area (TPSA) is 66.8 Å². The van der Waals surface area contributed by atoms with Crippen molar-refractivity contribution in [3.8, 4) is 0 Å². The number of rotatable bonds is 6. The van der Waals surface area contributed by atoms with Gasteiger partial charge in [0.2, 0.25) is 0 Å². The standard InChI is InChI=1S/C18H21NO5/c1-5-23-18(21)16-13(3)19(12(2)15(16)17(20)22-4)24-11-14-9-7-6-8-10-14/h6-10H,5,11H2,1-4H3. The lowest BCUT2D eigenvalue weighted by atomic mass is 10.1. The average molecular weight is 331 g/mol. The Hall–Kier alpha value is -2.76. The van der Waals surface area contributed by atoms with Crippen LogP contribution in [0.3, 0.4) is 0 Å². The van der Waals surface area contributed by atoms with Crippen molar-refractivity contribution in [2.24, 2.45) is 0 Å². The lowest BCUT2D eigenvalue weighted by molar-refractivity contribution is 0.0502. The Balaban J connectivity index is 2.41. The zero-order chi connectivity index (χ0) is 17.7. The molecule has 0 unspecified atom stereocenters. The Bertz CT molecular complexity index is 734. The number of aromatic nitrogens is 1. The molecule has 24 heavy (non-hydrogen) atoms. The Kier molecular flexibility index (Phi) is 5.63. The molecule has 0 saturated heterocycles. The molecular weight excluding hydrogens is 310 g/mol. The van der Waals surface area contributed by atoms with E-state index in [0.717, 1.165) is 5.56 Å². The molecular formula is C18H21NO5. The number of methoxy groups -OCH3 is 1. The van der Waals surface area contributed by atoms with Gasteiger partial charge in [-0.05, 0) is 26.3 Å². The summed E-state index contributed by atoms with van der Waals surface area (Å²) in [5, 5.41) is 0. The van der Waals surface area contributed by atoms with Gasteiger partial charge in [0.05, 0.1) is 36.2 Å². The molecule has 2 rings (SSSR count). The van der Waals surface area contributed by atoms with E-state index in [4.69, 9.17) is 14.3 Å². The number of esters is 2. The molecule has 0 aliphatic heterocycles. The summed E-state index contributed by atoms with van der Waals surface area (Å²) in [6.45, 7) is 5.64. The Morgan fingerprint density at radius 2 is 1.58 bits per heavy atom. The predicted octanol–water partition coefficient (Wildman–Crippen LogP) is 2.70. The van der Waals surface area contributed by atoms with Crippen LogP contribution in [0.4, 0.5) is 0 Å². The zero-order valence-electron chi connectivity index (χ0n) is 14.3. The Morgan fingerprint density at radius 3 is 2.12 bits per heavy atom. The fourth-order valence-corrected chi connectivity index (χ4v) is 2.53. The van der Waals surface area contributed by atoms with Gasteiger partial charge in [0.25, 0.3) is 0 Å². The van der Waals surface area contributed by atoms with Crippen LogP contribution in [0, 0.1) is 13.8 Å². The van der Waals surface area contributed by atoms with Gasteiger partial charge in [-0.25, -0.2) is 9.59 Å². The van der Waals surface area contributed by atoms with E-state index in [1.807, 2.05) is 30.3 Å². The van der Waals surface area contributed by atoms with Gasteiger partial charge in [0.15, 0.2) is 0 Å². The molecule has 6 nitrogen and oxygen atoms in total. The van der Waals surface area contributed by atoms with E-state index in [1.54, 1.807) is 20.8 Å². The normalized spacial score (nSPS) is 10.3. The van der Waals surface area contributed by atoms with Crippen molar-refractivity contribution in [3.05, 3.63) is 58.4 Å². The van der Waals surface area contributed by atoms with Crippen molar-refractivity contribution < 1.29 is 23.9 Å². The van der Waals surface area contributed by atoms with Crippen LogP contribution in [0.1, 0.15) is 44.6 Å². The van der Waals surface area contributed by atoms with Crippen LogP contribution in [0.25, 0.3) is 0 Å². The predicted molar refractivity (Wildman–Crippen MR) is 87.9 cm³/mol. The largest absolute Gasteiger partial charge is 0.465 e. The van der Waals surface area contributed by atoms with E-state index in [2.05, 4.69) is 0 Å². The van der Waals surface area contributed by atoms with Gasteiger partial charge in [-0.3, -0.25) is 0 Å². The molecule has 128 valence electrons. The van der Waals surface area contributed by atoms with Gasteiger partial charge in [-0.2, -0.15) is 4.73 Å². The second-order valence-corrected chi connectivity index (χ2v) is 5.19. The first kappa shape index (κ1) is 17.6. The highest BCUT2D eigenvalue weighted by atomic mass is 16.7. The number of carbonyl (C=O) groups excluding carboxylic acids is 2. The van der Waals surface area contributed by atoms with E-state index in [-0.39, 0.29) is 17.7 Å². The maximum absolute atomic E-state index is 12.2. The van der Waals surface area contributed by atoms with E-state index in [0.29, 0.717) is 18.0 Å². The summed E-state index contributed by atoms with van der Waals surface area (Å²) in [5.41, 5.74) is 2.32. The summed E-state index contributed by atoms with van der Waals surface area (Å²) in [7, 11) is 1.27. The fraction of sp³-hybridized carbons (Fsp3) is 0.333. The number of nitrogens with zero attached hydrogens (tertiary/aromatic N) is 1. The van der Waals surface area contributed by atoms with Gasteiger partial charge < -0.3 is 14.3 Å². The minimum absolute atomic E-state index is 0.168. The lowest BCUT2D eigenvalue weighted by Crippen LogP contribution is -2.15. The molecule has 0 spiro atoms. The number of benzene rings is 1. The summed E-state index contributed by atoms with van der Waals surface area (Å²) in [4.78, 5) is 30.2. The van der Waals surface area contributed by atoms with Crippen LogP contribution in [0.2, 0.25) is 0 Å². The lowest BCUT2D eigenvalue weighted by Gasteiger charge is -2.11. The van der Waals surface area contributed by atoms with Crippen molar-refractivity contribution in [1.29, 1.82) is 0 Å². The van der Waals surface area contributed by atoms with Crippen LogP contribution in [0.5, 0.6) is 0 Å². The van der Waals surface area contributed by atoms with E-state index < -0.39 is 11.9 Å². The highest BCUT2D eigenvalue weighted by molar-refractivity contribution is 6.05. The number of hydrogen-bond donors (Lipinski definition) is 0. The Morgan fingerprint density at radius 1 is 1.00 bits per heavy atom. The summed E-state index contributed by atoms with van der Waals surface area (Å²) in [5.74, 6) is -1.17. The van der Waals surface area contributed by atoms with Crippen molar-refractivity contribution in [2.75, 3.05) is 13.7 Å². The molecule has 0 fully saturated rings. The van der Waals surface area contributed by atoms with Crippen LogP contribution in [-0.4, -0.2) is 30.4 Å². The molecule has 0 saturated carbocycles. The van der Waals surface area contributed by atoms with E-state index in [9.17, 15) is 9.59 Å². The average Bonchev–Trinajstić information content (AvgIpc) is 2.84. The highest BCUT2D eigenvalue weighted by Gasteiger charge is 2.30. The molecule has 0 amide bonds. The first-order valence-electron chi connectivity index (χ1n) is 7.65. The molecule has 0 aliphatic carbocycles. The van der Waals surface area contributed by atoms with E-state index in [1.165, 1.54) is 11.8 Å². The second-order valence-electron chi connectivity index (χ2n) is 5.19. The smallest absolute Gasteiger partial charge is 0.340 e. The summed E-state index contributed by atoms with van der Waals surface area (Å²) in [6.07, 6.45) is 0. The van der Waals surface area contributed by atoms with Crippen molar-refractivity contribution in [3.63, 3.8) is 0 Å². The molecule has 0 bridgehead atoms. The zero-order valence-corrected chi connectivity index (χ0v) is 14.3. The molecule has 0 atom stereocenters. The van der Waals surface area contributed by atoms with Crippen molar-refractivity contribution >= 4 is 11.9 Å². The molecule has 1 aromatic heterocycles. The first-order valence-corrected chi connectivity index (χ1v) is 7.65. The molecule has 0 N–H and O–H groups in total. The van der Waals surface area contributed by atoms with Crippen LogP contribution in [-0.2, 0) is 16.1 Å². The summed E-state index contributed by atoms with van der Waals surface area (Å²) in [6, 6.07) is 9.61. The first-order chi connectivity index (χ1) is 11.5. The van der Waals surface area contributed by atoms with Crippen molar-refractivity contribution in [1.82, 2.24) is 4.73 Å². The molecule has 1 aromatic carbocycles. The third-order valence-corrected chi connectivity index (χ3v) is 3.66. The molecule has 0 radical (unpaired) electrons. The van der Waals surface area contributed by atoms with Crippen LogP contribution >= 0.6 is 0 Å². The monoisotopic (exact) mass is 331 g/mol. The number of ether oxygens (including phenoxy) is 2. The summed E-state index contributed by atoms with van der Waals surface area (Å²) >= 11 is 0. The fourth-order valence-electron chi connectivity index (χ4n) is 2.53. The van der Waals surface area contributed by atoms with Gasteiger partial charge in [-0.1, -0.05) is 30.3 Å². The van der Waals surface area contributed by atoms with Gasteiger partial charge >= 0.3 is 11.9 Å². The number of hydrogen-bond acceptors (Lipinski definition) is 5. The van der Waals surface area contributed by atoms with Crippen LogP contribution < -0.4 is 4.84 Å². The molecule has 6 heteroatoms.